The Labute approximate surface area is 270 Å². The second-order valence-electron chi connectivity index (χ2n) is 13.1. The number of nitrogens with zero attached hydrogens (tertiary/aromatic N) is 8. The molecule has 46 heavy (non-hydrogen) atoms. The van der Waals surface area contributed by atoms with E-state index in [0.717, 1.165) is 49.4 Å². The van der Waals surface area contributed by atoms with E-state index in [1.807, 2.05) is 0 Å². The average Bonchev–Trinajstić information content (AvgIpc) is 3.77. The third-order valence-electron chi connectivity index (χ3n) is 10.2. The summed E-state index contributed by atoms with van der Waals surface area (Å²) in [4.78, 5) is 45.6. The Morgan fingerprint density at radius 3 is 2.57 bits per heavy atom. The molecule has 7 rings (SSSR count). The lowest BCUT2D eigenvalue weighted by Crippen LogP contribution is -2.57. The van der Waals surface area contributed by atoms with Crippen molar-refractivity contribution in [2.45, 2.75) is 64.2 Å². The van der Waals surface area contributed by atoms with Crippen LogP contribution in [0, 0.1) is 18.3 Å². The van der Waals surface area contributed by atoms with E-state index in [-0.39, 0.29) is 24.3 Å². The van der Waals surface area contributed by atoms with Crippen LogP contribution < -0.4 is 14.5 Å². The number of nitriles is 1. The lowest BCUT2D eigenvalue weighted by atomic mass is 9.99. The minimum atomic E-state index is -0.408. The lowest BCUT2D eigenvalue weighted by molar-refractivity contribution is -0.136. The molecule has 5 heterocycles. The van der Waals surface area contributed by atoms with Crippen LogP contribution in [0.1, 0.15) is 43.0 Å². The molecule has 11 nitrogen and oxygen atoms in total. The van der Waals surface area contributed by atoms with Crippen molar-refractivity contribution in [1.82, 2.24) is 24.7 Å². The number of benzene rings is 2. The van der Waals surface area contributed by atoms with E-state index >= 15 is 0 Å². The highest BCUT2D eigenvalue weighted by Crippen LogP contribution is 2.36. The molecule has 11 heteroatoms. The Kier molecular flexibility index (Phi) is 8.15. The molecule has 3 fully saturated rings. The highest BCUT2D eigenvalue weighted by molar-refractivity contribution is 5.97. The van der Waals surface area contributed by atoms with Crippen LogP contribution in [0.4, 0.5) is 11.5 Å². The van der Waals surface area contributed by atoms with Gasteiger partial charge >= 0.3 is 6.01 Å². The number of piperazine rings is 1. The first-order valence-corrected chi connectivity index (χ1v) is 16.5. The zero-order valence-corrected chi connectivity index (χ0v) is 27.0. The van der Waals surface area contributed by atoms with Crippen LogP contribution in [0.15, 0.2) is 36.4 Å². The van der Waals surface area contributed by atoms with Gasteiger partial charge in [0.25, 0.3) is 0 Å². The molecule has 0 spiro atoms. The van der Waals surface area contributed by atoms with Gasteiger partial charge in [-0.05, 0) is 56.8 Å². The Morgan fingerprint density at radius 2 is 1.83 bits per heavy atom. The maximum absolute atomic E-state index is 13.4. The number of rotatable bonds is 7. The molecule has 0 bridgehead atoms. The number of aromatic nitrogens is 2. The van der Waals surface area contributed by atoms with E-state index in [2.05, 4.69) is 71.1 Å². The molecule has 0 N–H and O–H groups in total. The van der Waals surface area contributed by atoms with Gasteiger partial charge in [0.05, 0.1) is 37.3 Å². The van der Waals surface area contributed by atoms with Gasteiger partial charge < -0.3 is 29.2 Å². The van der Waals surface area contributed by atoms with E-state index < -0.39 is 6.04 Å². The maximum atomic E-state index is 13.4. The number of carbonyl (C=O) groups excluding carboxylic acids is 2. The summed E-state index contributed by atoms with van der Waals surface area (Å²) in [6.45, 7) is 8.72. The van der Waals surface area contributed by atoms with Crippen LogP contribution in [0.25, 0.3) is 10.8 Å². The summed E-state index contributed by atoms with van der Waals surface area (Å²) >= 11 is 0. The van der Waals surface area contributed by atoms with Gasteiger partial charge in [-0.3, -0.25) is 9.59 Å². The monoisotopic (exact) mass is 622 g/mol. The van der Waals surface area contributed by atoms with Crippen molar-refractivity contribution in [3.63, 3.8) is 0 Å². The van der Waals surface area contributed by atoms with E-state index in [1.165, 1.54) is 28.9 Å². The number of hydrogen-bond donors (Lipinski definition) is 0. The molecule has 2 amide bonds. The number of ether oxygens (including phenoxy) is 1. The van der Waals surface area contributed by atoms with Crippen molar-refractivity contribution in [1.29, 1.82) is 5.26 Å². The summed E-state index contributed by atoms with van der Waals surface area (Å²) in [7, 11) is 2.14. The molecule has 4 aliphatic heterocycles. The minimum absolute atomic E-state index is 0.0643. The molecule has 2 aromatic carbocycles. The number of anilines is 2. The first-order chi connectivity index (χ1) is 22.3. The smallest absolute Gasteiger partial charge is 0.318 e. The molecular formula is C35H42N8O3. The largest absolute Gasteiger partial charge is 0.462 e. The van der Waals surface area contributed by atoms with E-state index in [4.69, 9.17) is 14.7 Å². The molecule has 3 unspecified atom stereocenters. The van der Waals surface area contributed by atoms with Gasteiger partial charge in [-0.2, -0.15) is 15.2 Å². The predicted molar refractivity (Wildman–Crippen MR) is 176 cm³/mol. The fraction of sp³-hybridized carbons (Fsp3) is 0.514. The normalized spacial score (nSPS) is 23.0. The molecule has 3 saturated heterocycles. The van der Waals surface area contributed by atoms with Gasteiger partial charge in [-0.25, -0.2) is 0 Å². The van der Waals surface area contributed by atoms with Crippen LogP contribution in [0.3, 0.4) is 0 Å². The van der Waals surface area contributed by atoms with Crippen LogP contribution in [-0.2, 0) is 22.6 Å². The molecule has 3 aromatic rings. The van der Waals surface area contributed by atoms with Crippen molar-refractivity contribution in [3.05, 3.63) is 53.2 Å². The quantitative estimate of drug-likeness (QED) is 0.367. The summed E-state index contributed by atoms with van der Waals surface area (Å²) < 4.78 is 6.33. The summed E-state index contributed by atoms with van der Waals surface area (Å²) in [6, 6.07) is 15.2. The third-order valence-corrected chi connectivity index (χ3v) is 10.2. The second kappa shape index (κ2) is 12.4. The predicted octanol–water partition coefficient (Wildman–Crippen LogP) is 3.14. The summed E-state index contributed by atoms with van der Waals surface area (Å²) in [5, 5.41) is 12.2. The van der Waals surface area contributed by atoms with E-state index in [9.17, 15) is 14.9 Å². The Morgan fingerprint density at radius 1 is 1.00 bits per heavy atom. The maximum Gasteiger partial charge on any atom is 0.318 e. The number of carbonyl (C=O) groups is 2. The van der Waals surface area contributed by atoms with Gasteiger partial charge in [0.15, 0.2) is 0 Å². The van der Waals surface area contributed by atoms with Crippen LogP contribution >= 0.6 is 0 Å². The zero-order chi connectivity index (χ0) is 31.9. The summed E-state index contributed by atoms with van der Waals surface area (Å²) in [5.74, 6) is 0.691. The molecule has 0 saturated carbocycles. The number of hydrogen-bond acceptors (Lipinski definition) is 9. The van der Waals surface area contributed by atoms with Gasteiger partial charge in [-0.15, -0.1) is 0 Å². The van der Waals surface area contributed by atoms with Crippen LogP contribution in [0.2, 0.25) is 0 Å². The second-order valence-corrected chi connectivity index (χ2v) is 13.1. The number of amides is 2. The Bertz CT molecular complexity index is 1700. The fourth-order valence-corrected chi connectivity index (χ4v) is 7.56. The standard InChI is InChI=1S/C35H42N8O3/c1-23-7-4-8-25-9-5-11-30(32(23)25)40-16-13-28-29(20-40)37-35(46-22-27-10-6-15-39(27)3)38-33(28)41-17-18-42(26(19-41)12-14-36)34(45)31-21-43(31)24(2)44/h4-5,7-9,11,26-27,31H,6,10,12-13,15-22H2,1-3H3. The molecule has 3 atom stereocenters. The average molecular weight is 623 g/mol. The van der Waals surface area contributed by atoms with Crippen LogP contribution in [0.5, 0.6) is 6.01 Å². The van der Waals surface area contributed by atoms with Crippen molar-refractivity contribution in [2.24, 2.45) is 0 Å². The zero-order valence-electron chi connectivity index (χ0n) is 27.0. The molecule has 4 aliphatic rings. The molecule has 1 aromatic heterocycles. The first kappa shape index (κ1) is 30.2. The number of fused-ring (bicyclic) bond motifs is 2. The Hall–Kier alpha value is -4.43. The molecular weight excluding hydrogens is 580 g/mol. The molecule has 0 radical (unpaired) electrons. The van der Waals surface area contributed by atoms with Crippen molar-refractivity contribution in [3.8, 4) is 12.1 Å². The van der Waals surface area contributed by atoms with Crippen molar-refractivity contribution in [2.75, 3.05) is 62.7 Å². The molecule has 240 valence electrons. The minimum Gasteiger partial charge on any atom is -0.462 e. The number of aryl methyl sites for hydroxylation is 1. The summed E-state index contributed by atoms with van der Waals surface area (Å²) in [5.41, 5.74) is 4.53. The van der Waals surface area contributed by atoms with Crippen molar-refractivity contribution < 1.29 is 14.3 Å². The third kappa shape index (κ3) is 5.71. The van der Waals surface area contributed by atoms with Crippen LogP contribution in [-0.4, -0.2) is 108 Å². The fourth-order valence-electron chi connectivity index (χ4n) is 7.56. The number of likely N-dealkylation sites (N-methyl/N-ethyl adjacent to an activating group) is 1. The first-order valence-electron chi connectivity index (χ1n) is 16.5. The van der Waals surface area contributed by atoms with Gasteiger partial charge in [0.2, 0.25) is 11.8 Å². The SMILES string of the molecule is CC(=O)N1CC1C(=O)N1CCN(c2nc(OCC3CCCN3C)nc3c2CCN(c2cccc4cccc(C)c24)C3)CC1CC#N. The van der Waals surface area contributed by atoms with Crippen molar-refractivity contribution >= 4 is 34.1 Å². The van der Waals surface area contributed by atoms with Gasteiger partial charge in [0, 0.05) is 55.8 Å². The van der Waals surface area contributed by atoms with E-state index in [1.54, 1.807) is 9.80 Å². The highest BCUT2D eigenvalue weighted by atomic mass is 16.5. The van der Waals surface area contributed by atoms with Gasteiger partial charge in [-0.1, -0.05) is 30.3 Å². The highest BCUT2D eigenvalue weighted by Gasteiger charge is 2.47. The Balaban J connectivity index is 1.19. The summed E-state index contributed by atoms with van der Waals surface area (Å²) in [6.07, 6.45) is 3.25. The van der Waals surface area contributed by atoms with Gasteiger partial charge in [0.1, 0.15) is 18.5 Å². The number of likely N-dealkylation sites (tertiary alicyclic amines) is 1. The van der Waals surface area contributed by atoms with E-state index in [0.29, 0.717) is 51.4 Å². The topological polar surface area (TPSA) is 109 Å². The molecule has 0 aliphatic carbocycles. The lowest BCUT2D eigenvalue weighted by Gasteiger charge is -2.42.